The third-order valence-electron chi connectivity index (χ3n) is 3.32. The zero-order valence-corrected chi connectivity index (χ0v) is 15.0. The van der Waals surface area contributed by atoms with E-state index in [-0.39, 0.29) is 5.91 Å². The lowest BCUT2D eigenvalue weighted by Gasteiger charge is -2.05. The number of ether oxygens (including phenoxy) is 1. The van der Waals surface area contributed by atoms with Crippen molar-refractivity contribution in [1.82, 2.24) is 5.43 Å². The van der Waals surface area contributed by atoms with Crippen LogP contribution in [0.2, 0.25) is 0 Å². The number of nitrogens with zero attached hydrogens (tertiary/aromatic N) is 1. The number of rotatable bonds is 7. The predicted octanol–water partition coefficient (Wildman–Crippen LogP) is 3.70. The summed E-state index contributed by atoms with van der Waals surface area (Å²) < 4.78 is 5.23. The van der Waals surface area contributed by atoms with Gasteiger partial charge in [0.25, 0.3) is 0 Å². The summed E-state index contributed by atoms with van der Waals surface area (Å²) in [6.45, 7) is 4.17. The van der Waals surface area contributed by atoms with Crippen molar-refractivity contribution in [2.45, 2.75) is 19.6 Å². The van der Waals surface area contributed by atoms with Crippen molar-refractivity contribution < 1.29 is 9.53 Å². The summed E-state index contributed by atoms with van der Waals surface area (Å²) in [7, 11) is 1.61. The van der Waals surface area contributed by atoms with E-state index in [0.29, 0.717) is 5.75 Å². The lowest BCUT2D eigenvalue weighted by molar-refractivity contribution is -0.118. The fourth-order valence-corrected chi connectivity index (χ4v) is 3.15. The van der Waals surface area contributed by atoms with Gasteiger partial charge in [-0.3, -0.25) is 4.79 Å². The first kappa shape index (κ1) is 18.1. The van der Waals surface area contributed by atoms with E-state index in [4.69, 9.17) is 4.74 Å². The number of aryl methyl sites for hydroxylation is 2. The largest absolute Gasteiger partial charge is 0.496 e. The number of carbonyl (C=O) groups is 1. The van der Waals surface area contributed by atoms with Crippen LogP contribution in [0, 0.1) is 13.8 Å². The van der Waals surface area contributed by atoms with Crippen LogP contribution in [0.5, 0.6) is 5.75 Å². The van der Waals surface area contributed by atoms with E-state index in [2.05, 4.69) is 42.6 Å². The van der Waals surface area contributed by atoms with Crippen LogP contribution in [0.3, 0.4) is 0 Å². The Morgan fingerprint density at radius 2 is 1.92 bits per heavy atom. The van der Waals surface area contributed by atoms with Crippen LogP contribution >= 0.6 is 11.8 Å². The number of methoxy groups -OCH3 is 1. The number of hydrogen-bond acceptors (Lipinski definition) is 4. The van der Waals surface area contributed by atoms with Gasteiger partial charge in [-0.25, -0.2) is 5.43 Å². The summed E-state index contributed by atoms with van der Waals surface area (Å²) in [5.74, 6) is 1.79. The van der Waals surface area contributed by atoms with Crippen LogP contribution in [0.1, 0.15) is 22.3 Å². The maximum Gasteiger partial charge on any atom is 0.250 e. The van der Waals surface area contributed by atoms with Crippen molar-refractivity contribution in [2.75, 3.05) is 12.9 Å². The molecule has 2 rings (SSSR count). The molecule has 2 aromatic carbocycles. The summed E-state index contributed by atoms with van der Waals surface area (Å²) in [6, 6.07) is 14.0. The number of amides is 1. The van der Waals surface area contributed by atoms with Gasteiger partial charge in [-0.15, -0.1) is 11.8 Å². The molecule has 24 heavy (non-hydrogen) atoms. The molecule has 0 aliphatic rings. The third kappa shape index (κ3) is 5.74. The normalized spacial score (nSPS) is 10.8. The number of thioether (sulfide) groups is 1. The van der Waals surface area contributed by atoms with E-state index < -0.39 is 0 Å². The zero-order chi connectivity index (χ0) is 17.4. The minimum absolute atomic E-state index is 0.115. The number of benzene rings is 2. The molecule has 0 unspecified atom stereocenters. The fourth-order valence-electron chi connectivity index (χ4n) is 2.39. The molecule has 2 aromatic rings. The molecule has 1 amide bonds. The van der Waals surface area contributed by atoms with Gasteiger partial charge in [0.1, 0.15) is 5.75 Å². The minimum atomic E-state index is -0.115. The van der Waals surface area contributed by atoms with Crippen LogP contribution < -0.4 is 10.2 Å². The maximum absolute atomic E-state index is 11.8. The number of hydrogen-bond donors (Lipinski definition) is 1. The molecule has 0 saturated heterocycles. The van der Waals surface area contributed by atoms with Gasteiger partial charge in [0.2, 0.25) is 5.91 Å². The summed E-state index contributed by atoms with van der Waals surface area (Å²) in [5.41, 5.74) is 7.10. The Labute approximate surface area is 147 Å². The van der Waals surface area contributed by atoms with Crippen LogP contribution in [-0.4, -0.2) is 25.0 Å². The lowest BCUT2D eigenvalue weighted by atomic mass is 10.1. The van der Waals surface area contributed by atoms with Crippen molar-refractivity contribution in [2.24, 2.45) is 5.10 Å². The number of para-hydroxylation sites is 1. The summed E-state index contributed by atoms with van der Waals surface area (Å²) >= 11 is 1.58. The first-order valence-corrected chi connectivity index (χ1v) is 8.84. The molecule has 5 heteroatoms. The van der Waals surface area contributed by atoms with Gasteiger partial charge in [-0.1, -0.05) is 41.5 Å². The van der Waals surface area contributed by atoms with E-state index in [0.717, 1.165) is 17.1 Å². The Kier molecular flexibility index (Phi) is 6.88. The van der Waals surface area contributed by atoms with Gasteiger partial charge in [-0.2, -0.15) is 5.10 Å². The molecule has 0 aliphatic heterocycles. The van der Waals surface area contributed by atoms with E-state index in [1.54, 1.807) is 25.1 Å². The monoisotopic (exact) mass is 342 g/mol. The van der Waals surface area contributed by atoms with Crippen molar-refractivity contribution in [1.29, 1.82) is 0 Å². The van der Waals surface area contributed by atoms with E-state index >= 15 is 0 Å². The van der Waals surface area contributed by atoms with Crippen molar-refractivity contribution in [3.05, 3.63) is 64.7 Å². The second-order valence-corrected chi connectivity index (χ2v) is 6.51. The predicted molar refractivity (Wildman–Crippen MR) is 101 cm³/mol. The number of hydrazone groups is 1. The Hall–Kier alpha value is -2.27. The van der Waals surface area contributed by atoms with Gasteiger partial charge in [0.05, 0.1) is 19.1 Å². The highest BCUT2D eigenvalue weighted by Crippen LogP contribution is 2.16. The van der Waals surface area contributed by atoms with E-state index in [1.807, 2.05) is 24.3 Å². The number of carbonyl (C=O) groups excluding carboxylic acids is 1. The zero-order valence-electron chi connectivity index (χ0n) is 14.2. The Morgan fingerprint density at radius 3 is 2.62 bits per heavy atom. The summed E-state index contributed by atoms with van der Waals surface area (Å²) in [6.07, 6.45) is 1.59. The average Bonchev–Trinajstić information content (AvgIpc) is 2.54. The highest BCUT2D eigenvalue weighted by Gasteiger charge is 2.02. The van der Waals surface area contributed by atoms with Gasteiger partial charge in [-0.05, 0) is 31.5 Å². The highest BCUT2D eigenvalue weighted by molar-refractivity contribution is 7.99. The second kappa shape index (κ2) is 9.13. The van der Waals surface area contributed by atoms with Crippen molar-refractivity contribution in [3.8, 4) is 5.75 Å². The van der Waals surface area contributed by atoms with E-state index in [9.17, 15) is 4.79 Å². The first-order valence-electron chi connectivity index (χ1n) is 7.68. The van der Waals surface area contributed by atoms with Gasteiger partial charge in [0.15, 0.2) is 0 Å². The van der Waals surface area contributed by atoms with Gasteiger partial charge < -0.3 is 4.74 Å². The first-order chi connectivity index (χ1) is 11.6. The van der Waals surface area contributed by atoms with Crippen LogP contribution in [0.4, 0.5) is 0 Å². The quantitative estimate of drug-likeness (QED) is 0.617. The molecule has 0 fully saturated rings. The molecule has 1 N–H and O–H groups in total. The molecule has 0 aromatic heterocycles. The minimum Gasteiger partial charge on any atom is -0.496 e. The van der Waals surface area contributed by atoms with Gasteiger partial charge >= 0.3 is 0 Å². The SMILES string of the molecule is COc1ccccc1/C=N\NC(=O)CSCc1cc(C)cc(C)c1. The molecule has 126 valence electrons. The van der Waals surface area contributed by atoms with Crippen LogP contribution in [0.25, 0.3) is 0 Å². The van der Waals surface area contributed by atoms with Crippen molar-refractivity contribution in [3.63, 3.8) is 0 Å². The maximum atomic E-state index is 11.8. The third-order valence-corrected chi connectivity index (χ3v) is 4.32. The number of nitrogens with one attached hydrogen (secondary N) is 1. The molecule has 0 spiro atoms. The molecule has 4 nitrogen and oxygen atoms in total. The van der Waals surface area contributed by atoms with Gasteiger partial charge in [0, 0.05) is 11.3 Å². The molecular weight excluding hydrogens is 320 g/mol. The fraction of sp³-hybridized carbons (Fsp3) is 0.263. The summed E-state index contributed by atoms with van der Waals surface area (Å²) in [5, 5.41) is 3.99. The molecule has 0 saturated carbocycles. The molecule has 0 heterocycles. The lowest BCUT2D eigenvalue weighted by Crippen LogP contribution is -2.19. The molecule has 0 bridgehead atoms. The van der Waals surface area contributed by atoms with Crippen LogP contribution in [-0.2, 0) is 10.5 Å². The Morgan fingerprint density at radius 1 is 1.21 bits per heavy atom. The Bertz CT molecular complexity index is 709. The molecular formula is C19H22N2O2S. The van der Waals surface area contributed by atoms with E-state index in [1.165, 1.54) is 16.7 Å². The van der Waals surface area contributed by atoms with Crippen molar-refractivity contribution >= 4 is 23.9 Å². The molecule has 0 aliphatic carbocycles. The van der Waals surface area contributed by atoms with Crippen LogP contribution in [0.15, 0.2) is 47.6 Å². The highest BCUT2D eigenvalue weighted by atomic mass is 32.2. The average molecular weight is 342 g/mol. The second-order valence-electron chi connectivity index (χ2n) is 5.52. The molecule has 0 radical (unpaired) electrons. The summed E-state index contributed by atoms with van der Waals surface area (Å²) in [4.78, 5) is 11.8. The smallest absolute Gasteiger partial charge is 0.250 e. The Balaban J connectivity index is 1.78. The standard InChI is InChI=1S/C19H22N2O2S/c1-14-8-15(2)10-16(9-14)12-24-13-19(22)21-20-11-17-6-4-5-7-18(17)23-3/h4-11H,12-13H2,1-3H3,(H,21,22)/b20-11-. The topological polar surface area (TPSA) is 50.7 Å². The molecule has 0 atom stereocenters.